The van der Waals surface area contributed by atoms with Crippen LogP contribution in [0.5, 0.6) is 0 Å². The lowest BCUT2D eigenvalue weighted by molar-refractivity contribution is 0.542. The molecular formula is C13H16N2. The van der Waals surface area contributed by atoms with Crippen molar-refractivity contribution in [1.82, 2.24) is 4.98 Å². The third-order valence-electron chi connectivity index (χ3n) is 2.91. The molecule has 0 saturated heterocycles. The third kappa shape index (κ3) is 1.73. The summed E-state index contributed by atoms with van der Waals surface area (Å²) in [7, 11) is 0. The lowest BCUT2D eigenvalue weighted by atomic mass is 9.83. The van der Waals surface area contributed by atoms with Crippen molar-refractivity contribution in [3.8, 4) is 0 Å². The van der Waals surface area contributed by atoms with Crippen LogP contribution in [0.4, 0.5) is 0 Å². The van der Waals surface area contributed by atoms with Gasteiger partial charge in [-0.2, -0.15) is 0 Å². The number of benzene rings is 1. The molecule has 0 atom stereocenters. The molecule has 1 heterocycles. The highest BCUT2D eigenvalue weighted by Crippen LogP contribution is 2.28. The molecule has 0 bridgehead atoms. The van der Waals surface area contributed by atoms with Gasteiger partial charge in [-0.1, -0.05) is 38.1 Å². The van der Waals surface area contributed by atoms with Crippen LogP contribution in [-0.2, 0) is 5.41 Å². The van der Waals surface area contributed by atoms with E-state index in [4.69, 9.17) is 5.73 Å². The highest BCUT2D eigenvalue weighted by Gasteiger charge is 2.20. The van der Waals surface area contributed by atoms with Gasteiger partial charge in [-0.05, 0) is 10.9 Å². The van der Waals surface area contributed by atoms with Gasteiger partial charge in [-0.3, -0.25) is 4.98 Å². The van der Waals surface area contributed by atoms with Gasteiger partial charge in [0, 0.05) is 29.7 Å². The molecule has 0 saturated carbocycles. The monoisotopic (exact) mass is 200 g/mol. The highest BCUT2D eigenvalue weighted by atomic mass is 14.6. The van der Waals surface area contributed by atoms with Gasteiger partial charge in [0.1, 0.15) is 0 Å². The van der Waals surface area contributed by atoms with Gasteiger partial charge in [-0.15, -0.1) is 0 Å². The number of hydrogen-bond acceptors (Lipinski definition) is 2. The van der Waals surface area contributed by atoms with E-state index in [0.717, 1.165) is 0 Å². The molecule has 2 heteroatoms. The van der Waals surface area contributed by atoms with Crippen LogP contribution in [0.3, 0.4) is 0 Å². The fourth-order valence-corrected chi connectivity index (χ4v) is 1.77. The summed E-state index contributed by atoms with van der Waals surface area (Å²) in [6.45, 7) is 4.93. The van der Waals surface area contributed by atoms with Gasteiger partial charge in [-0.25, -0.2) is 0 Å². The predicted molar refractivity (Wildman–Crippen MR) is 63.8 cm³/mol. The fourth-order valence-electron chi connectivity index (χ4n) is 1.77. The molecule has 0 aliphatic rings. The molecule has 0 aliphatic heterocycles. The molecule has 15 heavy (non-hydrogen) atoms. The standard InChI is InChI=1S/C13H16N2/c1-13(2,9-14)12-8-15-7-10-5-3-4-6-11(10)12/h3-8H,9,14H2,1-2H3. The molecule has 2 N–H and O–H groups in total. The van der Waals surface area contributed by atoms with Crippen molar-refractivity contribution < 1.29 is 0 Å². The van der Waals surface area contributed by atoms with Crippen LogP contribution >= 0.6 is 0 Å². The number of fused-ring (bicyclic) bond motifs is 1. The summed E-state index contributed by atoms with van der Waals surface area (Å²) in [5.41, 5.74) is 7.01. The molecule has 2 aromatic rings. The molecule has 2 rings (SSSR count). The smallest absolute Gasteiger partial charge is 0.0346 e. The van der Waals surface area contributed by atoms with Gasteiger partial charge in [0.15, 0.2) is 0 Å². The Morgan fingerprint density at radius 2 is 1.93 bits per heavy atom. The van der Waals surface area contributed by atoms with E-state index in [-0.39, 0.29) is 5.41 Å². The van der Waals surface area contributed by atoms with E-state index < -0.39 is 0 Å². The van der Waals surface area contributed by atoms with E-state index in [1.807, 2.05) is 18.5 Å². The second kappa shape index (κ2) is 3.63. The summed E-state index contributed by atoms with van der Waals surface area (Å²) >= 11 is 0. The summed E-state index contributed by atoms with van der Waals surface area (Å²) in [4.78, 5) is 4.27. The molecule has 0 fully saturated rings. The number of aromatic nitrogens is 1. The van der Waals surface area contributed by atoms with Gasteiger partial charge in [0.25, 0.3) is 0 Å². The Hall–Kier alpha value is -1.41. The Balaban J connectivity index is 2.71. The third-order valence-corrected chi connectivity index (χ3v) is 2.91. The Morgan fingerprint density at radius 1 is 1.20 bits per heavy atom. The van der Waals surface area contributed by atoms with Gasteiger partial charge < -0.3 is 5.73 Å². The first-order chi connectivity index (χ1) is 7.15. The second-order valence-electron chi connectivity index (χ2n) is 4.50. The summed E-state index contributed by atoms with van der Waals surface area (Å²) in [5.74, 6) is 0. The van der Waals surface area contributed by atoms with Crippen LogP contribution in [0.1, 0.15) is 19.4 Å². The number of pyridine rings is 1. The van der Waals surface area contributed by atoms with Crippen molar-refractivity contribution in [2.45, 2.75) is 19.3 Å². The number of hydrogen-bond donors (Lipinski definition) is 1. The number of nitrogens with zero attached hydrogens (tertiary/aromatic N) is 1. The van der Waals surface area contributed by atoms with Crippen molar-refractivity contribution in [3.63, 3.8) is 0 Å². The Morgan fingerprint density at radius 3 is 2.67 bits per heavy atom. The summed E-state index contributed by atoms with van der Waals surface area (Å²) in [6.07, 6.45) is 3.82. The first-order valence-corrected chi connectivity index (χ1v) is 5.18. The zero-order chi connectivity index (χ0) is 10.9. The van der Waals surface area contributed by atoms with Gasteiger partial charge >= 0.3 is 0 Å². The maximum atomic E-state index is 5.80. The minimum atomic E-state index is -0.0200. The summed E-state index contributed by atoms with van der Waals surface area (Å²) < 4.78 is 0. The predicted octanol–water partition coefficient (Wildman–Crippen LogP) is 2.47. The quantitative estimate of drug-likeness (QED) is 0.808. The van der Waals surface area contributed by atoms with Gasteiger partial charge in [0.2, 0.25) is 0 Å². The largest absolute Gasteiger partial charge is 0.330 e. The van der Waals surface area contributed by atoms with E-state index in [2.05, 4.69) is 37.0 Å². The average molecular weight is 200 g/mol. The molecule has 0 radical (unpaired) electrons. The van der Waals surface area contributed by atoms with Crippen LogP contribution < -0.4 is 5.73 Å². The Labute approximate surface area is 90.1 Å². The second-order valence-corrected chi connectivity index (χ2v) is 4.50. The van der Waals surface area contributed by atoms with Crippen LogP contribution in [0.15, 0.2) is 36.7 Å². The van der Waals surface area contributed by atoms with Crippen molar-refractivity contribution in [3.05, 3.63) is 42.2 Å². The fraction of sp³-hybridized carbons (Fsp3) is 0.308. The number of rotatable bonds is 2. The molecule has 0 amide bonds. The zero-order valence-corrected chi connectivity index (χ0v) is 9.20. The topological polar surface area (TPSA) is 38.9 Å². The van der Waals surface area contributed by atoms with Crippen molar-refractivity contribution >= 4 is 10.8 Å². The lowest BCUT2D eigenvalue weighted by Crippen LogP contribution is -2.28. The lowest BCUT2D eigenvalue weighted by Gasteiger charge is -2.24. The molecular weight excluding hydrogens is 184 g/mol. The van der Waals surface area contributed by atoms with E-state index >= 15 is 0 Å². The van der Waals surface area contributed by atoms with Crippen molar-refractivity contribution in [2.24, 2.45) is 5.73 Å². The Kier molecular flexibility index (Phi) is 2.45. The molecule has 0 unspecified atom stereocenters. The molecule has 0 aliphatic carbocycles. The molecule has 0 spiro atoms. The van der Waals surface area contributed by atoms with E-state index in [1.54, 1.807) is 0 Å². The Bertz CT molecular complexity index is 469. The van der Waals surface area contributed by atoms with Crippen LogP contribution in [0.2, 0.25) is 0 Å². The minimum Gasteiger partial charge on any atom is -0.330 e. The molecule has 78 valence electrons. The molecule has 1 aromatic carbocycles. The number of nitrogens with two attached hydrogens (primary N) is 1. The van der Waals surface area contributed by atoms with E-state index in [1.165, 1.54) is 16.3 Å². The van der Waals surface area contributed by atoms with Crippen LogP contribution in [0, 0.1) is 0 Å². The van der Waals surface area contributed by atoms with Gasteiger partial charge in [0.05, 0.1) is 0 Å². The average Bonchev–Trinajstić information content (AvgIpc) is 2.28. The SMILES string of the molecule is CC(C)(CN)c1cncc2ccccc12. The maximum Gasteiger partial charge on any atom is 0.0346 e. The van der Waals surface area contributed by atoms with Crippen LogP contribution in [0.25, 0.3) is 10.8 Å². The summed E-state index contributed by atoms with van der Waals surface area (Å²) in [6, 6.07) is 8.30. The maximum absolute atomic E-state index is 5.80. The highest BCUT2D eigenvalue weighted by molar-refractivity contribution is 5.85. The molecule has 1 aromatic heterocycles. The van der Waals surface area contributed by atoms with Crippen molar-refractivity contribution in [2.75, 3.05) is 6.54 Å². The van der Waals surface area contributed by atoms with Crippen molar-refractivity contribution in [1.29, 1.82) is 0 Å². The van der Waals surface area contributed by atoms with Crippen LogP contribution in [-0.4, -0.2) is 11.5 Å². The van der Waals surface area contributed by atoms with E-state index in [9.17, 15) is 0 Å². The summed E-state index contributed by atoms with van der Waals surface area (Å²) in [5, 5.41) is 2.43. The molecule has 2 nitrogen and oxygen atoms in total. The first-order valence-electron chi connectivity index (χ1n) is 5.18. The first kappa shape index (κ1) is 10.1. The minimum absolute atomic E-state index is 0.0200. The van der Waals surface area contributed by atoms with E-state index in [0.29, 0.717) is 6.54 Å². The normalized spacial score (nSPS) is 11.9. The zero-order valence-electron chi connectivity index (χ0n) is 9.20.